The van der Waals surface area contributed by atoms with Gasteiger partial charge in [-0.2, -0.15) is 0 Å². The van der Waals surface area contributed by atoms with Crippen molar-refractivity contribution in [1.82, 2.24) is 9.80 Å². The molecule has 1 aliphatic heterocycles. The van der Waals surface area contributed by atoms with Crippen molar-refractivity contribution in [2.75, 3.05) is 31.5 Å². The van der Waals surface area contributed by atoms with E-state index in [0.717, 1.165) is 5.56 Å². The number of carbonyl (C=O) groups is 1. The summed E-state index contributed by atoms with van der Waals surface area (Å²) in [7, 11) is -2.00. The van der Waals surface area contributed by atoms with Crippen molar-refractivity contribution < 1.29 is 23.1 Å². The highest BCUT2D eigenvalue weighted by Gasteiger charge is 2.35. The Hall–Kier alpha value is -3.11. The number of aliphatic hydroxyl groups is 1. The molecule has 1 aliphatic rings. The third-order valence-electron chi connectivity index (χ3n) is 6.85. The number of amides is 1. The maximum Gasteiger partial charge on any atom is 0.262 e. The van der Waals surface area contributed by atoms with Crippen LogP contribution in [0.2, 0.25) is 5.02 Å². The molecule has 10 heteroatoms. The lowest BCUT2D eigenvalue weighted by atomic mass is 9.99. The number of para-hydroxylation sites is 1. The van der Waals surface area contributed by atoms with Crippen LogP contribution in [0.1, 0.15) is 29.8 Å². The Morgan fingerprint density at radius 3 is 2.46 bits per heavy atom. The minimum atomic E-state index is -4.00. The Labute approximate surface area is 235 Å². The van der Waals surface area contributed by atoms with E-state index in [0.29, 0.717) is 24.7 Å². The van der Waals surface area contributed by atoms with Crippen LogP contribution in [0, 0.1) is 5.92 Å². The van der Waals surface area contributed by atoms with Gasteiger partial charge in [0.05, 0.1) is 28.8 Å². The van der Waals surface area contributed by atoms with Gasteiger partial charge >= 0.3 is 0 Å². The lowest BCUT2D eigenvalue weighted by Gasteiger charge is -2.38. The fourth-order valence-electron chi connectivity index (χ4n) is 4.63. The number of nitrogens with zero attached hydrogens (tertiary/aromatic N) is 2. The average molecular weight is 572 g/mol. The number of benzene rings is 3. The first-order valence-corrected chi connectivity index (χ1v) is 14.7. The number of rotatable bonds is 9. The second-order valence-corrected chi connectivity index (χ2v) is 12.2. The monoisotopic (exact) mass is 571 g/mol. The number of nitrogens with one attached hydrogen (secondary N) is 1. The van der Waals surface area contributed by atoms with Crippen molar-refractivity contribution >= 4 is 33.2 Å². The van der Waals surface area contributed by atoms with Crippen LogP contribution in [0.5, 0.6) is 5.75 Å². The smallest absolute Gasteiger partial charge is 0.262 e. The number of fused-ring (bicyclic) bond motifs is 1. The molecule has 4 rings (SSSR count). The zero-order valence-electron chi connectivity index (χ0n) is 22.2. The van der Waals surface area contributed by atoms with Gasteiger partial charge < -0.3 is 14.7 Å². The molecule has 0 radical (unpaired) electrons. The summed E-state index contributed by atoms with van der Waals surface area (Å²) in [6, 6.07) is 20.3. The van der Waals surface area contributed by atoms with Crippen molar-refractivity contribution in [2.45, 2.75) is 37.4 Å². The van der Waals surface area contributed by atoms with Crippen LogP contribution in [0.4, 0.5) is 5.69 Å². The number of sulfonamides is 1. The van der Waals surface area contributed by atoms with Gasteiger partial charge in [0.15, 0.2) is 5.75 Å². The Balaban J connectivity index is 1.71. The summed E-state index contributed by atoms with van der Waals surface area (Å²) in [4.78, 5) is 17.5. The van der Waals surface area contributed by atoms with E-state index in [4.69, 9.17) is 16.3 Å². The number of hydrogen-bond acceptors (Lipinski definition) is 6. The maximum atomic E-state index is 13.7. The topological polar surface area (TPSA) is 99.2 Å². The third-order valence-corrected chi connectivity index (χ3v) is 8.48. The van der Waals surface area contributed by atoms with E-state index in [1.807, 2.05) is 32.2 Å². The highest BCUT2D eigenvalue weighted by Crippen LogP contribution is 2.36. The molecule has 39 heavy (non-hydrogen) atoms. The molecule has 0 fully saturated rings. The Bertz CT molecular complexity index is 1390. The van der Waals surface area contributed by atoms with Crippen molar-refractivity contribution in [2.24, 2.45) is 5.92 Å². The first-order valence-electron chi connectivity index (χ1n) is 12.8. The van der Waals surface area contributed by atoms with Crippen LogP contribution in [-0.4, -0.2) is 68.1 Å². The largest absolute Gasteiger partial charge is 0.486 e. The Morgan fingerprint density at radius 1 is 1.10 bits per heavy atom. The summed E-state index contributed by atoms with van der Waals surface area (Å²) >= 11 is 5.94. The van der Waals surface area contributed by atoms with Gasteiger partial charge in [-0.05, 0) is 55.9 Å². The number of anilines is 1. The van der Waals surface area contributed by atoms with Gasteiger partial charge in [0.1, 0.15) is 6.10 Å². The predicted octanol–water partition coefficient (Wildman–Crippen LogP) is 4.49. The van der Waals surface area contributed by atoms with Gasteiger partial charge in [0, 0.05) is 30.6 Å². The molecule has 0 bridgehead atoms. The van der Waals surface area contributed by atoms with Crippen molar-refractivity contribution in [3.05, 3.63) is 88.9 Å². The molecule has 3 atom stereocenters. The van der Waals surface area contributed by atoms with Crippen LogP contribution in [0.3, 0.4) is 0 Å². The Kier molecular flexibility index (Phi) is 9.17. The quantitative estimate of drug-likeness (QED) is 0.392. The molecule has 0 spiro atoms. The van der Waals surface area contributed by atoms with E-state index < -0.39 is 16.1 Å². The summed E-state index contributed by atoms with van der Waals surface area (Å²) in [5.74, 6) is -0.280. The van der Waals surface area contributed by atoms with Crippen LogP contribution >= 0.6 is 11.6 Å². The Morgan fingerprint density at radius 2 is 1.79 bits per heavy atom. The van der Waals surface area contributed by atoms with Gasteiger partial charge in [0.2, 0.25) is 0 Å². The summed E-state index contributed by atoms with van der Waals surface area (Å²) < 4.78 is 35.6. The molecule has 1 heterocycles. The van der Waals surface area contributed by atoms with Gasteiger partial charge in [-0.15, -0.1) is 0 Å². The van der Waals surface area contributed by atoms with Crippen molar-refractivity contribution in [3.8, 4) is 5.75 Å². The molecule has 3 aromatic rings. The molecule has 0 saturated carbocycles. The van der Waals surface area contributed by atoms with Crippen LogP contribution in [0.25, 0.3) is 0 Å². The van der Waals surface area contributed by atoms with E-state index in [1.165, 1.54) is 24.3 Å². The summed E-state index contributed by atoms with van der Waals surface area (Å²) in [6.07, 6.45) is -0.375. The summed E-state index contributed by atoms with van der Waals surface area (Å²) in [5, 5.41) is 10.3. The molecule has 1 amide bonds. The highest BCUT2D eigenvalue weighted by atomic mass is 35.5. The van der Waals surface area contributed by atoms with E-state index in [9.17, 15) is 18.3 Å². The molecule has 0 saturated heterocycles. The number of carbonyl (C=O) groups excluding carboxylic acids is 1. The third kappa shape index (κ3) is 6.91. The van der Waals surface area contributed by atoms with Gasteiger partial charge in [-0.25, -0.2) is 8.42 Å². The molecular weight excluding hydrogens is 538 g/mol. The number of hydrogen-bond donors (Lipinski definition) is 2. The first-order chi connectivity index (χ1) is 18.6. The zero-order valence-corrected chi connectivity index (χ0v) is 23.8. The fraction of sp³-hybridized carbons (Fsp3) is 0.345. The van der Waals surface area contributed by atoms with E-state index in [2.05, 4.69) is 21.8 Å². The maximum absolute atomic E-state index is 13.7. The zero-order chi connectivity index (χ0) is 28.2. The van der Waals surface area contributed by atoms with E-state index in [-0.39, 0.29) is 46.4 Å². The SMILES string of the molecule is C[C@H](CO)N1C[C@H](C)[C@@H](CN(C)Cc2ccccc2)Oc2c(NS(=O)(=O)c3ccc(Cl)cc3)cccc2C1=O. The normalized spacial score (nSPS) is 18.6. The molecule has 0 aliphatic carbocycles. The number of likely N-dealkylation sites (N-methyl/N-ethyl adjacent to an activating group) is 1. The summed E-state index contributed by atoms with van der Waals surface area (Å²) in [5.41, 5.74) is 1.55. The summed E-state index contributed by atoms with van der Waals surface area (Å²) in [6.45, 7) is 5.19. The van der Waals surface area contributed by atoms with Crippen molar-refractivity contribution in [1.29, 1.82) is 0 Å². The average Bonchev–Trinajstić information content (AvgIpc) is 2.91. The molecule has 0 unspecified atom stereocenters. The fourth-order valence-corrected chi connectivity index (χ4v) is 5.81. The van der Waals surface area contributed by atoms with Crippen molar-refractivity contribution in [3.63, 3.8) is 0 Å². The molecule has 3 aromatic carbocycles. The molecule has 2 N–H and O–H groups in total. The van der Waals surface area contributed by atoms with Gasteiger partial charge in [-0.1, -0.05) is 54.9 Å². The molecular formula is C29H34ClN3O5S. The van der Waals surface area contributed by atoms with Gasteiger partial charge in [0.25, 0.3) is 15.9 Å². The van der Waals surface area contributed by atoms with Gasteiger partial charge in [-0.3, -0.25) is 14.4 Å². The van der Waals surface area contributed by atoms with E-state index >= 15 is 0 Å². The standard InChI is InChI=1S/C29H34ClN3O5S/c1-20-16-33(21(2)19-34)29(35)25-10-7-11-26(31-39(36,37)24-14-12-23(30)13-15-24)28(25)38-27(20)18-32(3)17-22-8-5-4-6-9-22/h4-15,20-21,27,31,34H,16-19H2,1-3H3/t20-,21+,27+/m0/s1. The minimum absolute atomic E-state index is 0.0321. The lowest BCUT2D eigenvalue weighted by Crippen LogP contribution is -2.49. The predicted molar refractivity (Wildman–Crippen MR) is 153 cm³/mol. The first kappa shape index (κ1) is 28.9. The van der Waals surface area contributed by atoms with E-state index in [1.54, 1.807) is 30.0 Å². The molecule has 208 valence electrons. The molecule has 0 aromatic heterocycles. The number of aliphatic hydroxyl groups excluding tert-OH is 1. The second-order valence-electron chi connectivity index (χ2n) is 10.0. The number of halogens is 1. The molecule has 8 nitrogen and oxygen atoms in total. The highest BCUT2D eigenvalue weighted by molar-refractivity contribution is 7.92. The second kappa shape index (κ2) is 12.4. The minimum Gasteiger partial charge on any atom is -0.486 e. The van der Waals surface area contributed by atoms with Crippen LogP contribution in [0.15, 0.2) is 77.7 Å². The number of ether oxygens (including phenoxy) is 1. The van der Waals surface area contributed by atoms with Crippen LogP contribution in [-0.2, 0) is 16.6 Å². The van der Waals surface area contributed by atoms with Crippen LogP contribution < -0.4 is 9.46 Å². The lowest BCUT2D eigenvalue weighted by molar-refractivity contribution is 0.0344.